The Labute approximate surface area is 130 Å². The number of benzene rings is 2. The van der Waals surface area contributed by atoms with Gasteiger partial charge in [0, 0.05) is 21.6 Å². The third kappa shape index (κ3) is 3.56. The molecule has 0 heterocycles. The van der Waals surface area contributed by atoms with E-state index in [9.17, 15) is 5.11 Å². The van der Waals surface area contributed by atoms with Gasteiger partial charge in [0.15, 0.2) is 0 Å². The van der Waals surface area contributed by atoms with Crippen LogP contribution in [0, 0.1) is 6.92 Å². The van der Waals surface area contributed by atoms with Crippen LogP contribution < -0.4 is 5.32 Å². The molecule has 19 heavy (non-hydrogen) atoms. The molecule has 2 N–H and O–H groups in total. The number of phenols is 1. The average molecular weight is 361 g/mol. The number of phenolic OH excluding ortho intramolecular Hbond substituents is 1. The Kier molecular flexibility index (Phi) is 4.61. The Hall–Kier alpha value is -0.900. The van der Waals surface area contributed by atoms with Crippen LogP contribution in [0.2, 0.25) is 10.0 Å². The minimum Gasteiger partial charge on any atom is -0.508 e. The summed E-state index contributed by atoms with van der Waals surface area (Å²) in [6, 6.07) is 8.88. The molecule has 5 heteroatoms. The Morgan fingerprint density at radius 2 is 1.89 bits per heavy atom. The molecule has 0 saturated heterocycles. The average Bonchev–Trinajstić information content (AvgIpc) is 2.36. The molecule has 0 unspecified atom stereocenters. The summed E-state index contributed by atoms with van der Waals surface area (Å²) in [5, 5.41) is 14.2. The lowest BCUT2D eigenvalue weighted by Crippen LogP contribution is -2.00. The first-order valence-corrected chi connectivity index (χ1v) is 7.19. The number of hydrogen-bond acceptors (Lipinski definition) is 2. The Morgan fingerprint density at radius 3 is 2.63 bits per heavy atom. The predicted molar refractivity (Wildman–Crippen MR) is 84.3 cm³/mol. The zero-order chi connectivity index (χ0) is 14.0. The van der Waals surface area contributed by atoms with Gasteiger partial charge in [0.2, 0.25) is 0 Å². The number of aryl methyl sites for hydroxylation is 1. The maximum atomic E-state index is 9.76. The van der Waals surface area contributed by atoms with Gasteiger partial charge in [-0.25, -0.2) is 0 Å². The van der Waals surface area contributed by atoms with E-state index in [4.69, 9.17) is 23.2 Å². The maximum absolute atomic E-state index is 9.76. The highest BCUT2D eigenvalue weighted by Gasteiger charge is 2.06. The molecule has 2 aromatic rings. The van der Waals surface area contributed by atoms with Crippen molar-refractivity contribution in [3.05, 3.63) is 56.0 Å². The van der Waals surface area contributed by atoms with E-state index in [1.165, 1.54) is 0 Å². The molecule has 2 aromatic carbocycles. The molecule has 0 aliphatic carbocycles. The first kappa shape index (κ1) is 14.5. The third-order valence-electron chi connectivity index (χ3n) is 2.76. The van der Waals surface area contributed by atoms with Crippen molar-refractivity contribution in [2.75, 3.05) is 5.32 Å². The molecule has 0 aromatic heterocycles. The minimum absolute atomic E-state index is 0.241. The Morgan fingerprint density at radius 1 is 1.16 bits per heavy atom. The number of rotatable bonds is 3. The molecule has 0 saturated carbocycles. The zero-order valence-corrected chi connectivity index (χ0v) is 13.3. The topological polar surface area (TPSA) is 32.3 Å². The summed E-state index contributed by atoms with van der Waals surface area (Å²) in [6.45, 7) is 2.36. The lowest BCUT2D eigenvalue weighted by molar-refractivity contribution is 0.469. The smallest absolute Gasteiger partial charge is 0.120 e. The number of aromatic hydroxyl groups is 1. The fraction of sp³-hybridized carbons (Fsp3) is 0.143. The van der Waals surface area contributed by atoms with E-state index in [0.29, 0.717) is 16.6 Å². The standard InChI is InChI=1S/C14H12BrCl2NO/c1-8-4-12(17)13(6-11(8)16)18-7-9-5-10(15)2-3-14(9)19/h2-6,18-19H,7H2,1H3. The van der Waals surface area contributed by atoms with Crippen LogP contribution in [0.25, 0.3) is 0 Å². The van der Waals surface area contributed by atoms with Crippen LogP contribution in [0.3, 0.4) is 0 Å². The Bertz CT molecular complexity index is 617. The van der Waals surface area contributed by atoms with Gasteiger partial charge in [-0.1, -0.05) is 39.1 Å². The van der Waals surface area contributed by atoms with Crippen LogP contribution in [0.1, 0.15) is 11.1 Å². The van der Waals surface area contributed by atoms with Gasteiger partial charge in [0.1, 0.15) is 5.75 Å². The summed E-state index contributed by atoms with van der Waals surface area (Å²) in [5.74, 6) is 0.241. The summed E-state index contributed by atoms with van der Waals surface area (Å²) in [7, 11) is 0. The van der Waals surface area contributed by atoms with Crippen LogP contribution in [0.5, 0.6) is 5.75 Å². The molecule has 0 aliphatic rings. The van der Waals surface area contributed by atoms with Crippen molar-refractivity contribution in [2.45, 2.75) is 13.5 Å². The highest BCUT2D eigenvalue weighted by Crippen LogP contribution is 2.30. The van der Waals surface area contributed by atoms with E-state index in [1.54, 1.807) is 18.2 Å². The van der Waals surface area contributed by atoms with Gasteiger partial charge in [-0.15, -0.1) is 0 Å². The second-order valence-electron chi connectivity index (χ2n) is 4.21. The highest BCUT2D eigenvalue weighted by molar-refractivity contribution is 9.10. The Balaban J connectivity index is 2.19. The fourth-order valence-corrected chi connectivity index (χ4v) is 2.53. The van der Waals surface area contributed by atoms with Gasteiger partial charge >= 0.3 is 0 Å². The van der Waals surface area contributed by atoms with E-state index in [1.807, 2.05) is 19.1 Å². The summed E-state index contributed by atoms with van der Waals surface area (Å²) in [6.07, 6.45) is 0. The predicted octanol–water partition coefficient (Wildman–Crippen LogP) is 5.38. The van der Waals surface area contributed by atoms with Crippen molar-refractivity contribution in [1.29, 1.82) is 0 Å². The molecule has 2 rings (SSSR count). The summed E-state index contributed by atoms with van der Waals surface area (Å²) >= 11 is 15.6. The van der Waals surface area contributed by atoms with Gasteiger partial charge in [0.25, 0.3) is 0 Å². The summed E-state index contributed by atoms with van der Waals surface area (Å²) < 4.78 is 0.912. The molecule has 0 bridgehead atoms. The molecule has 0 atom stereocenters. The van der Waals surface area contributed by atoms with Crippen molar-refractivity contribution >= 4 is 44.8 Å². The van der Waals surface area contributed by atoms with E-state index < -0.39 is 0 Å². The second-order valence-corrected chi connectivity index (χ2v) is 5.94. The monoisotopic (exact) mass is 359 g/mol. The largest absolute Gasteiger partial charge is 0.508 e. The van der Waals surface area contributed by atoms with Gasteiger partial charge < -0.3 is 10.4 Å². The summed E-state index contributed by atoms with van der Waals surface area (Å²) in [4.78, 5) is 0. The van der Waals surface area contributed by atoms with E-state index in [0.717, 1.165) is 21.3 Å². The van der Waals surface area contributed by atoms with Gasteiger partial charge in [-0.3, -0.25) is 0 Å². The number of anilines is 1. The van der Waals surface area contributed by atoms with Crippen LogP contribution in [-0.4, -0.2) is 5.11 Å². The van der Waals surface area contributed by atoms with Crippen molar-refractivity contribution in [3.63, 3.8) is 0 Å². The number of halogens is 3. The molecule has 0 aliphatic heterocycles. The van der Waals surface area contributed by atoms with E-state index >= 15 is 0 Å². The molecule has 0 amide bonds. The van der Waals surface area contributed by atoms with E-state index in [2.05, 4.69) is 21.2 Å². The second kappa shape index (κ2) is 6.04. The van der Waals surface area contributed by atoms with Crippen LogP contribution in [0.4, 0.5) is 5.69 Å². The highest BCUT2D eigenvalue weighted by atomic mass is 79.9. The van der Waals surface area contributed by atoms with Crippen molar-refractivity contribution in [2.24, 2.45) is 0 Å². The zero-order valence-electron chi connectivity index (χ0n) is 10.2. The van der Waals surface area contributed by atoms with E-state index in [-0.39, 0.29) is 5.75 Å². The first-order valence-electron chi connectivity index (χ1n) is 5.64. The van der Waals surface area contributed by atoms with Gasteiger partial charge in [-0.2, -0.15) is 0 Å². The third-order valence-corrected chi connectivity index (χ3v) is 3.97. The SMILES string of the molecule is Cc1cc(Cl)c(NCc2cc(Br)ccc2O)cc1Cl. The number of hydrogen-bond donors (Lipinski definition) is 2. The van der Waals surface area contributed by atoms with Crippen molar-refractivity contribution < 1.29 is 5.11 Å². The summed E-state index contributed by atoms with van der Waals surface area (Å²) in [5.41, 5.74) is 2.46. The molecular weight excluding hydrogens is 349 g/mol. The molecule has 0 spiro atoms. The maximum Gasteiger partial charge on any atom is 0.120 e. The fourth-order valence-electron chi connectivity index (χ4n) is 1.67. The van der Waals surface area contributed by atoms with Crippen LogP contribution >= 0.6 is 39.1 Å². The van der Waals surface area contributed by atoms with Gasteiger partial charge in [0.05, 0.1) is 10.7 Å². The van der Waals surface area contributed by atoms with Crippen molar-refractivity contribution in [3.8, 4) is 5.75 Å². The minimum atomic E-state index is 0.241. The van der Waals surface area contributed by atoms with Crippen LogP contribution in [0.15, 0.2) is 34.8 Å². The molecule has 2 nitrogen and oxygen atoms in total. The molecule has 100 valence electrons. The van der Waals surface area contributed by atoms with Gasteiger partial charge in [-0.05, 0) is 42.8 Å². The normalized spacial score (nSPS) is 10.5. The van der Waals surface area contributed by atoms with Crippen molar-refractivity contribution in [1.82, 2.24) is 0 Å². The van der Waals surface area contributed by atoms with Crippen LogP contribution in [-0.2, 0) is 6.54 Å². The number of nitrogens with one attached hydrogen (secondary N) is 1. The lowest BCUT2D eigenvalue weighted by Gasteiger charge is -2.11. The molecule has 0 radical (unpaired) electrons. The quantitative estimate of drug-likeness (QED) is 0.769. The lowest BCUT2D eigenvalue weighted by atomic mass is 10.2. The molecular formula is C14H12BrCl2NO. The molecule has 0 fully saturated rings. The first-order chi connectivity index (χ1) is 8.97.